The van der Waals surface area contributed by atoms with Crippen molar-refractivity contribution < 1.29 is 28.2 Å². The molecule has 0 radical (unpaired) electrons. The van der Waals surface area contributed by atoms with Crippen LogP contribution in [0, 0.1) is 0 Å². The van der Waals surface area contributed by atoms with Gasteiger partial charge in [0.1, 0.15) is 0 Å². The van der Waals surface area contributed by atoms with E-state index >= 15 is 0 Å². The van der Waals surface area contributed by atoms with E-state index in [0.29, 0.717) is 0 Å². The largest absolute Gasteiger partial charge is 0.505 e. The number of hydrogen-bond acceptors (Lipinski definition) is 4. The van der Waals surface area contributed by atoms with Gasteiger partial charge in [0.2, 0.25) is 0 Å². The lowest BCUT2D eigenvalue weighted by Gasteiger charge is -2.32. The van der Waals surface area contributed by atoms with Crippen LogP contribution in [-0.2, 0) is 0 Å². The SMILES string of the molecule is CC1=NN(C(=O)c2cc(Cl)c(O)c(Cl)c2)[C@](O)(C(F)(F)F)C1. The highest BCUT2D eigenvalue weighted by molar-refractivity contribution is 6.37. The molecule has 0 unspecified atom stereocenters. The third-order valence-corrected chi connectivity index (χ3v) is 3.61. The molecular formula is C12H9Cl2F3N2O3. The summed E-state index contributed by atoms with van der Waals surface area (Å²) in [6.07, 6.45) is -5.96. The Morgan fingerprint density at radius 2 is 1.86 bits per heavy atom. The van der Waals surface area contributed by atoms with Gasteiger partial charge in [-0.15, -0.1) is 0 Å². The molecule has 1 aromatic carbocycles. The van der Waals surface area contributed by atoms with E-state index < -0.39 is 30.0 Å². The number of aliphatic hydroxyl groups is 1. The second-order valence-corrected chi connectivity index (χ2v) is 5.55. The van der Waals surface area contributed by atoms with Crippen molar-refractivity contribution in [2.24, 2.45) is 5.10 Å². The number of hydrazone groups is 1. The predicted octanol–water partition coefficient (Wildman–Crippen LogP) is 3.17. The highest BCUT2D eigenvalue weighted by atomic mass is 35.5. The van der Waals surface area contributed by atoms with Gasteiger partial charge in [-0.2, -0.15) is 23.3 Å². The predicted molar refractivity (Wildman–Crippen MR) is 73.0 cm³/mol. The maximum Gasteiger partial charge on any atom is 0.438 e. The van der Waals surface area contributed by atoms with Crippen LogP contribution in [0.1, 0.15) is 23.7 Å². The Kier molecular flexibility index (Phi) is 4.05. The Labute approximate surface area is 132 Å². The van der Waals surface area contributed by atoms with E-state index in [0.717, 1.165) is 12.1 Å². The van der Waals surface area contributed by atoms with Gasteiger partial charge in [-0.25, -0.2) is 0 Å². The van der Waals surface area contributed by atoms with Crippen molar-refractivity contribution in [3.8, 4) is 5.75 Å². The summed E-state index contributed by atoms with van der Waals surface area (Å²) >= 11 is 11.3. The van der Waals surface area contributed by atoms with Crippen LogP contribution >= 0.6 is 23.2 Å². The Hall–Kier alpha value is -1.51. The minimum absolute atomic E-state index is 0.0542. The van der Waals surface area contributed by atoms with Gasteiger partial charge in [0.05, 0.1) is 10.0 Å². The zero-order chi connectivity index (χ0) is 16.9. The number of carbonyl (C=O) groups is 1. The van der Waals surface area contributed by atoms with Crippen molar-refractivity contribution in [3.05, 3.63) is 27.7 Å². The number of amides is 1. The van der Waals surface area contributed by atoms with Gasteiger partial charge in [-0.05, 0) is 19.1 Å². The lowest BCUT2D eigenvalue weighted by molar-refractivity contribution is -0.297. The maximum absolute atomic E-state index is 13.1. The van der Waals surface area contributed by atoms with E-state index in [2.05, 4.69) is 5.10 Å². The van der Waals surface area contributed by atoms with E-state index in [1.54, 1.807) is 0 Å². The molecule has 5 nitrogen and oxygen atoms in total. The molecule has 120 valence electrons. The Bertz CT molecular complexity index is 655. The van der Waals surface area contributed by atoms with Crippen molar-refractivity contribution in [1.29, 1.82) is 0 Å². The molecule has 22 heavy (non-hydrogen) atoms. The van der Waals surface area contributed by atoms with Gasteiger partial charge in [-0.3, -0.25) is 4.79 Å². The van der Waals surface area contributed by atoms with Crippen LogP contribution in [0.25, 0.3) is 0 Å². The van der Waals surface area contributed by atoms with Crippen molar-refractivity contribution in [3.63, 3.8) is 0 Å². The standard InChI is InChI=1S/C12H9Cl2F3N2O3/c1-5-4-11(22,12(15,16)17)19(18-5)10(21)6-2-7(13)9(20)8(14)3-6/h2-3,20,22H,4H2,1H3/t11-/m1/s1. The highest BCUT2D eigenvalue weighted by Crippen LogP contribution is 2.41. The molecule has 0 aromatic heterocycles. The topological polar surface area (TPSA) is 73.1 Å². The number of alkyl halides is 3. The van der Waals surface area contributed by atoms with E-state index in [4.69, 9.17) is 23.2 Å². The van der Waals surface area contributed by atoms with Gasteiger partial charge in [0.15, 0.2) is 5.75 Å². The third kappa shape index (κ3) is 2.62. The molecular weight excluding hydrogens is 348 g/mol. The monoisotopic (exact) mass is 356 g/mol. The number of nitrogens with zero attached hydrogens (tertiary/aromatic N) is 2. The van der Waals surface area contributed by atoms with Gasteiger partial charge < -0.3 is 10.2 Å². The molecule has 2 rings (SSSR count). The summed E-state index contributed by atoms with van der Waals surface area (Å²) in [7, 11) is 0. The van der Waals surface area contributed by atoms with Crippen LogP contribution in [-0.4, -0.2) is 38.7 Å². The maximum atomic E-state index is 13.1. The molecule has 0 saturated heterocycles. The molecule has 0 fully saturated rings. The molecule has 0 saturated carbocycles. The normalized spacial score (nSPS) is 22.0. The number of rotatable bonds is 1. The molecule has 2 N–H and O–H groups in total. The van der Waals surface area contributed by atoms with E-state index in [9.17, 15) is 28.2 Å². The van der Waals surface area contributed by atoms with E-state index in [-0.39, 0.29) is 26.3 Å². The second-order valence-electron chi connectivity index (χ2n) is 4.73. The first kappa shape index (κ1) is 16.9. The molecule has 1 aliphatic heterocycles. The first-order valence-electron chi connectivity index (χ1n) is 5.83. The number of phenolic OH excluding ortho intramolecular Hbond substituents is 1. The van der Waals surface area contributed by atoms with Crippen LogP contribution in [0.3, 0.4) is 0 Å². The summed E-state index contributed by atoms with van der Waals surface area (Å²) in [5.41, 5.74) is -3.86. The van der Waals surface area contributed by atoms with Gasteiger partial charge in [0.25, 0.3) is 11.6 Å². The molecule has 1 heterocycles. The molecule has 1 amide bonds. The number of halogens is 5. The first-order valence-corrected chi connectivity index (χ1v) is 6.58. The second kappa shape index (κ2) is 5.29. The summed E-state index contributed by atoms with van der Waals surface area (Å²) in [6.45, 7) is 1.25. The van der Waals surface area contributed by atoms with Gasteiger partial charge in [0, 0.05) is 17.7 Å². The average molecular weight is 357 g/mol. The first-order chi connectivity index (χ1) is 9.97. The fraction of sp³-hybridized carbons (Fsp3) is 0.333. The lowest BCUT2D eigenvalue weighted by atomic mass is 10.1. The third-order valence-electron chi connectivity index (χ3n) is 3.03. The highest BCUT2D eigenvalue weighted by Gasteiger charge is 2.62. The fourth-order valence-electron chi connectivity index (χ4n) is 1.97. The van der Waals surface area contributed by atoms with Gasteiger partial charge >= 0.3 is 6.18 Å². The molecule has 0 bridgehead atoms. The van der Waals surface area contributed by atoms with E-state index in [1.165, 1.54) is 6.92 Å². The Morgan fingerprint density at radius 1 is 1.36 bits per heavy atom. The number of carbonyl (C=O) groups excluding carboxylic acids is 1. The van der Waals surface area contributed by atoms with Crippen LogP contribution in [0.5, 0.6) is 5.75 Å². The molecule has 0 aliphatic carbocycles. The van der Waals surface area contributed by atoms with Crippen molar-refractivity contribution in [2.45, 2.75) is 25.2 Å². The molecule has 1 aromatic rings. The van der Waals surface area contributed by atoms with Crippen LogP contribution < -0.4 is 0 Å². The Morgan fingerprint density at radius 3 is 2.32 bits per heavy atom. The molecule has 0 spiro atoms. The van der Waals surface area contributed by atoms with Gasteiger partial charge in [-0.1, -0.05) is 23.2 Å². The molecule has 1 aliphatic rings. The van der Waals surface area contributed by atoms with Crippen molar-refractivity contribution >= 4 is 34.8 Å². The quantitative estimate of drug-likeness (QED) is 0.811. The van der Waals surface area contributed by atoms with Crippen LogP contribution in [0.15, 0.2) is 17.2 Å². The minimum atomic E-state index is -5.10. The zero-order valence-corrected chi connectivity index (χ0v) is 12.5. The summed E-state index contributed by atoms with van der Waals surface area (Å²) in [5, 5.41) is 22.0. The minimum Gasteiger partial charge on any atom is -0.505 e. The lowest BCUT2D eigenvalue weighted by Crippen LogP contribution is -2.56. The zero-order valence-electron chi connectivity index (χ0n) is 10.9. The summed E-state index contributed by atoms with van der Waals surface area (Å²) in [4.78, 5) is 12.2. The smallest absolute Gasteiger partial charge is 0.438 e. The van der Waals surface area contributed by atoms with Crippen LogP contribution in [0.2, 0.25) is 10.0 Å². The number of phenols is 1. The van der Waals surface area contributed by atoms with Crippen molar-refractivity contribution in [1.82, 2.24) is 5.01 Å². The molecule has 1 atom stereocenters. The van der Waals surface area contributed by atoms with E-state index in [1.807, 2.05) is 0 Å². The fourth-order valence-corrected chi connectivity index (χ4v) is 2.45. The number of benzene rings is 1. The van der Waals surface area contributed by atoms with Crippen molar-refractivity contribution in [2.75, 3.05) is 0 Å². The molecule has 10 heteroatoms. The summed E-state index contributed by atoms with van der Waals surface area (Å²) in [6, 6.07) is 1.87. The average Bonchev–Trinajstić information content (AvgIpc) is 2.70. The Balaban J connectivity index is 2.48. The van der Waals surface area contributed by atoms with Crippen LogP contribution in [0.4, 0.5) is 13.2 Å². The summed E-state index contributed by atoms with van der Waals surface area (Å²) < 4.78 is 39.2. The number of aromatic hydroxyl groups is 1. The number of hydrogen-bond donors (Lipinski definition) is 2. The summed E-state index contributed by atoms with van der Waals surface area (Å²) in [5.74, 6) is -1.76.